The number of aromatic nitrogens is 2. The van der Waals surface area contributed by atoms with Gasteiger partial charge in [-0.25, -0.2) is 4.79 Å². The minimum atomic E-state index is -1.08. The fourth-order valence-electron chi connectivity index (χ4n) is 2.77. The molecule has 2 rings (SSSR count). The molecule has 0 aromatic carbocycles. The van der Waals surface area contributed by atoms with E-state index in [0.717, 1.165) is 36.2 Å². The first-order chi connectivity index (χ1) is 9.02. The van der Waals surface area contributed by atoms with Crippen LogP contribution in [0.4, 0.5) is 4.39 Å². The highest BCUT2D eigenvalue weighted by molar-refractivity contribution is 6.29. The molecule has 1 saturated carbocycles. The van der Waals surface area contributed by atoms with Crippen molar-refractivity contribution in [3.63, 3.8) is 0 Å². The molecule has 1 heterocycles. The zero-order chi connectivity index (χ0) is 14.0. The van der Waals surface area contributed by atoms with Gasteiger partial charge in [-0.3, -0.25) is 14.3 Å². The van der Waals surface area contributed by atoms with E-state index in [1.54, 1.807) is 0 Å². The summed E-state index contributed by atoms with van der Waals surface area (Å²) in [6, 6.07) is 0. The molecule has 0 bridgehead atoms. The summed E-state index contributed by atoms with van der Waals surface area (Å²) in [6.07, 6.45) is 5.36. The molecule has 0 saturated heterocycles. The van der Waals surface area contributed by atoms with Gasteiger partial charge in [0.05, 0.1) is 0 Å². The van der Waals surface area contributed by atoms with Crippen molar-refractivity contribution in [1.29, 1.82) is 0 Å². The van der Waals surface area contributed by atoms with Crippen LogP contribution in [0.25, 0.3) is 0 Å². The van der Waals surface area contributed by atoms with E-state index >= 15 is 0 Å². The Hall–Kier alpha value is -1.10. The lowest BCUT2D eigenvalue weighted by Crippen LogP contribution is -2.39. The van der Waals surface area contributed by atoms with Gasteiger partial charge in [0.15, 0.2) is 5.15 Å². The molecule has 1 aromatic rings. The van der Waals surface area contributed by atoms with Gasteiger partial charge in [0, 0.05) is 6.54 Å². The number of hydrogen-bond acceptors (Lipinski definition) is 2. The molecule has 1 aliphatic carbocycles. The van der Waals surface area contributed by atoms with Crippen molar-refractivity contribution < 1.29 is 4.39 Å². The number of H-pyrrole nitrogens is 1. The van der Waals surface area contributed by atoms with Gasteiger partial charge < -0.3 is 0 Å². The molecule has 1 fully saturated rings. The van der Waals surface area contributed by atoms with E-state index in [0.29, 0.717) is 0 Å². The second-order valence-corrected chi connectivity index (χ2v) is 5.65. The number of aromatic amines is 1. The number of nitrogens with zero attached hydrogens (tertiary/aromatic N) is 1. The van der Waals surface area contributed by atoms with Gasteiger partial charge in [-0.05, 0) is 24.7 Å². The Morgan fingerprint density at radius 1 is 1.26 bits per heavy atom. The maximum atomic E-state index is 13.4. The Bertz CT molecular complexity index is 559. The van der Waals surface area contributed by atoms with Gasteiger partial charge in [0.25, 0.3) is 5.56 Å². The average molecular weight is 289 g/mol. The summed E-state index contributed by atoms with van der Waals surface area (Å²) in [6.45, 7) is 2.45. The van der Waals surface area contributed by atoms with E-state index in [9.17, 15) is 14.0 Å². The zero-order valence-corrected chi connectivity index (χ0v) is 11.7. The first-order valence-electron chi connectivity index (χ1n) is 6.71. The lowest BCUT2D eigenvalue weighted by Gasteiger charge is -2.27. The van der Waals surface area contributed by atoms with Crippen LogP contribution in [0.5, 0.6) is 0 Å². The van der Waals surface area contributed by atoms with E-state index < -0.39 is 22.2 Å². The van der Waals surface area contributed by atoms with Gasteiger partial charge in [0.1, 0.15) is 0 Å². The number of hydrogen-bond donors (Lipinski definition) is 1. The lowest BCUT2D eigenvalue weighted by atomic mass is 9.81. The highest BCUT2D eigenvalue weighted by Crippen LogP contribution is 2.31. The fraction of sp³-hybridized carbons (Fsp3) is 0.692. The van der Waals surface area contributed by atoms with Gasteiger partial charge >= 0.3 is 5.69 Å². The van der Waals surface area contributed by atoms with E-state index in [-0.39, 0.29) is 12.5 Å². The van der Waals surface area contributed by atoms with Crippen molar-refractivity contribution in [2.45, 2.75) is 45.6 Å². The Labute approximate surface area is 115 Å². The van der Waals surface area contributed by atoms with E-state index in [2.05, 4.69) is 11.9 Å². The molecule has 106 valence electrons. The molecule has 0 unspecified atom stereocenters. The summed E-state index contributed by atoms with van der Waals surface area (Å²) in [5, 5.41) is -0.513. The average Bonchev–Trinajstić information content (AvgIpc) is 2.42. The van der Waals surface area contributed by atoms with Crippen molar-refractivity contribution in [2.24, 2.45) is 11.8 Å². The number of rotatable bonds is 3. The normalized spacial score (nSPS) is 23.5. The third kappa shape index (κ3) is 3.08. The fourth-order valence-corrected chi connectivity index (χ4v) is 2.93. The summed E-state index contributed by atoms with van der Waals surface area (Å²) in [5.41, 5.74) is -1.56. The summed E-state index contributed by atoms with van der Waals surface area (Å²) < 4.78 is 14.3. The molecular weight excluding hydrogens is 271 g/mol. The van der Waals surface area contributed by atoms with Crippen molar-refractivity contribution in [1.82, 2.24) is 9.55 Å². The number of nitrogens with one attached hydrogen (secondary N) is 1. The van der Waals surface area contributed by atoms with Crippen molar-refractivity contribution >= 4 is 11.6 Å². The third-order valence-corrected chi connectivity index (χ3v) is 4.33. The molecule has 0 amide bonds. The van der Waals surface area contributed by atoms with Crippen LogP contribution in [-0.4, -0.2) is 9.55 Å². The molecular formula is C13H18ClFN2O2. The van der Waals surface area contributed by atoms with Crippen LogP contribution < -0.4 is 11.2 Å². The summed E-state index contributed by atoms with van der Waals surface area (Å²) in [5.74, 6) is -0.0705. The molecule has 1 N–H and O–H groups in total. The minimum Gasteiger partial charge on any atom is -0.295 e. The SMILES string of the molecule is CCC1CCC(Cn2c(=O)[nH]c(Cl)c(F)c2=O)CC1. The predicted octanol–water partition coefficient (Wildman–Crippen LogP) is 2.55. The number of halogens is 2. The second-order valence-electron chi connectivity index (χ2n) is 5.27. The molecule has 0 aliphatic heterocycles. The van der Waals surface area contributed by atoms with Gasteiger partial charge in [-0.15, -0.1) is 0 Å². The molecule has 0 spiro atoms. The standard InChI is InChI=1S/C13H18ClFN2O2/c1-2-8-3-5-9(6-4-8)7-17-12(18)10(15)11(14)16-13(17)19/h8-9H,2-7H2,1H3,(H,16,19). The van der Waals surface area contributed by atoms with E-state index in [4.69, 9.17) is 11.6 Å². The second kappa shape index (κ2) is 5.90. The van der Waals surface area contributed by atoms with Crippen LogP contribution in [0.2, 0.25) is 5.15 Å². The Morgan fingerprint density at radius 2 is 1.84 bits per heavy atom. The predicted molar refractivity (Wildman–Crippen MR) is 72.0 cm³/mol. The topological polar surface area (TPSA) is 54.9 Å². The molecule has 0 atom stereocenters. The van der Waals surface area contributed by atoms with Crippen molar-refractivity contribution in [3.05, 3.63) is 31.8 Å². The van der Waals surface area contributed by atoms with Crippen molar-refractivity contribution in [2.75, 3.05) is 0 Å². The van der Waals surface area contributed by atoms with Gasteiger partial charge in [0.2, 0.25) is 5.82 Å². The summed E-state index contributed by atoms with van der Waals surface area (Å²) >= 11 is 5.43. The minimum absolute atomic E-state index is 0.266. The highest BCUT2D eigenvalue weighted by Gasteiger charge is 2.22. The maximum absolute atomic E-state index is 13.4. The lowest BCUT2D eigenvalue weighted by molar-refractivity contribution is 0.242. The highest BCUT2D eigenvalue weighted by atomic mass is 35.5. The third-order valence-electron chi connectivity index (χ3n) is 4.07. The van der Waals surface area contributed by atoms with Gasteiger partial charge in [-0.1, -0.05) is 37.8 Å². The molecule has 1 aliphatic rings. The Kier molecular flexibility index (Phi) is 4.45. The summed E-state index contributed by atoms with van der Waals surface area (Å²) in [4.78, 5) is 25.5. The Balaban J connectivity index is 2.15. The summed E-state index contributed by atoms with van der Waals surface area (Å²) in [7, 11) is 0. The maximum Gasteiger partial charge on any atom is 0.329 e. The monoisotopic (exact) mass is 288 g/mol. The van der Waals surface area contributed by atoms with Crippen LogP contribution in [0, 0.1) is 17.7 Å². The molecule has 19 heavy (non-hydrogen) atoms. The van der Waals surface area contributed by atoms with E-state index in [1.807, 2.05) is 0 Å². The van der Waals surface area contributed by atoms with Crippen LogP contribution in [0.1, 0.15) is 39.0 Å². The molecule has 6 heteroatoms. The van der Waals surface area contributed by atoms with E-state index in [1.165, 1.54) is 6.42 Å². The van der Waals surface area contributed by atoms with Crippen LogP contribution >= 0.6 is 11.6 Å². The first-order valence-corrected chi connectivity index (χ1v) is 7.08. The quantitative estimate of drug-likeness (QED) is 0.869. The van der Waals surface area contributed by atoms with Crippen LogP contribution in [0.3, 0.4) is 0 Å². The molecule has 1 aromatic heterocycles. The largest absolute Gasteiger partial charge is 0.329 e. The molecule has 4 nitrogen and oxygen atoms in total. The van der Waals surface area contributed by atoms with Crippen molar-refractivity contribution in [3.8, 4) is 0 Å². The van der Waals surface area contributed by atoms with Crippen LogP contribution in [-0.2, 0) is 6.54 Å². The van der Waals surface area contributed by atoms with Crippen LogP contribution in [0.15, 0.2) is 9.59 Å². The molecule has 0 radical (unpaired) electrons. The Morgan fingerprint density at radius 3 is 2.42 bits per heavy atom. The smallest absolute Gasteiger partial charge is 0.295 e. The van der Waals surface area contributed by atoms with Gasteiger partial charge in [-0.2, -0.15) is 4.39 Å². The first kappa shape index (κ1) is 14.3. The zero-order valence-electron chi connectivity index (χ0n) is 10.9.